The number of alkyl halides is 2. The lowest BCUT2D eigenvalue weighted by Crippen LogP contribution is -2.59. The Labute approximate surface area is 169 Å². The Hall–Kier alpha value is -2.07. The predicted molar refractivity (Wildman–Crippen MR) is 95.4 cm³/mol. The molecule has 2 fully saturated rings. The Morgan fingerprint density at radius 1 is 1.34 bits per heavy atom. The summed E-state index contributed by atoms with van der Waals surface area (Å²) in [5.41, 5.74) is -0.0561. The van der Waals surface area contributed by atoms with Crippen molar-refractivity contribution in [1.29, 1.82) is 0 Å². The zero-order chi connectivity index (χ0) is 21.3. The maximum absolute atomic E-state index is 14.6. The van der Waals surface area contributed by atoms with Crippen LogP contribution in [-0.4, -0.2) is 48.7 Å². The van der Waals surface area contributed by atoms with Crippen LogP contribution >= 0.6 is 11.6 Å². The van der Waals surface area contributed by atoms with Gasteiger partial charge in [0.15, 0.2) is 0 Å². The largest absolute Gasteiger partial charge is 0.353 e. The molecule has 3 amide bonds. The van der Waals surface area contributed by atoms with E-state index in [2.05, 4.69) is 15.4 Å². The Morgan fingerprint density at radius 2 is 2.03 bits per heavy atom. The zero-order valence-corrected chi connectivity index (χ0v) is 16.2. The molecular weight excluding hydrogens is 418 g/mol. The second-order valence-electron chi connectivity index (χ2n) is 7.10. The Kier molecular flexibility index (Phi) is 6.52. The molecule has 0 radical (unpaired) electrons. The highest BCUT2D eigenvalue weighted by Gasteiger charge is 2.41. The molecule has 1 aliphatic carbocycles. The van der Waals surface area contributed by atoms with Crippen molar-refractivity contribution < 1.29 is 31.9 Å². The van der Waals surface area contributed by atoms with Crippen LogP contribution in [0.1, 0.15) is 31.4 Å². The van der Waals surface area contributed by atoms with Crippen molar-refractivity contribution in [2.24, 2.45) is 5.92 Å². The third kappa shape index (κ3) is 4.58. The van der Waals surface area contributed by atoms with Crippen LogP contribution in [0.15, 0.2) is 12.1 Å². The molecule has 0 aromatic heterocycles. The summed E-state index contributed by atoms with van der Waals surface area (Å²) in [7, 11) is 0. The van der Waals surface area contributed by atoms with E-state index in [9.17, 15) is 27.2 Å². The molecule has 2 N–H and O–H groups in total. The first-order chi connectivity index (χ1) is 13.7. The van der Waals surface area contributed by atoms with E-state index >= 15 is 0 Å². The molecule has 1 unspecified atom stereocenters. The fraction of sp³-hybridized carbons (Fsp3) is 0.556. The first-order valence-electron chi connectivity index (χ1n) is 9.11. The minimum atomic E-state index is -2.93. The number of benzene rings is 1. The van der Waals surface area contributed by atoms with E-state index in [4.69, 9.17) is 11.6 Å². The lowest BCUT2D eigenvalue weighted by atomic mass is 9.74. The van der Waals surface area contributed by atoms with Gasteiger partial charge in [0.2, 0.25) is 5.91 Å². The van der Waals surface area contributed by atoms with E-state index in [0.717, 1.165) is 12.1 Å². The van der Waals surface area contributed by atoms with Crippen molar-refractivity contribution in [3.63, 3.8) is 0 Å². The van der Waals surface area contributed by atoms with Gasteiger partial charge in [0.25, 0.3) is 0 Å². The molecule has 11 heteroatoms. The van der Waals surface area contributed by atoms with E-state index in [0.29, 0.717) is 0 Å². The number of carbonyl (C=O) groups is 2. The number of piperazine rings is 1. The summed E-state index contributed by atoms with van der Waals surface area (Å²) in [6, 6.07) is -0.161. The quantitative estimate of drug-likeness (QED) is 0.549. The van der Waals surface area contributed by atoms with Crippen LogP contribution in [0.4, 0.5) is 22.4 Å². The number of nitrogens with zero attached hydrogens (tertiary/aromatic N) is 1. The number of urea groups is 1. The maximum atomic E-state index is 14.6. The van der Waals surface area contributed by atoms with Crippen molar-refractivity contribution in [2.45, 2.75) is 44.6 Å². The van der Waals surface area contributed by atoms with E-state index < -0.39 is 53.4 Å². The average Bonchev–Trinajstić information content (AvgIpc) is 2.63. The molecule has 1 saturated heterocycles. The van der Waals surface area contributed by atoms with Gasteiger partial charge in [-0.15, -0.1) is 0 Å². The molecule has 1 heterocycles. The Morgan fingerprint density at radius 3 is 2.69 bits per heavy atom. The van der Waals surface area contributed by atoms with Crippen LogP contribution in [-0.2, 0) is 9.53 Å². The van der Waals surface area contributed by atoms with Crippen LogP contribution in [0.5, 0.6) is 0 Å². The minimum absolute atomic E-state index is 0.0561. The standard InChI is InChI=1S/C18H20ClF4N3O3/c1-8-16(27)24-4-5-26(8)18(28)25-15(9-6-10(7-9)29-17(22)23)11-2-3-12(20)13(19)14(11)21/h2-3,8-10,15,17H,4-7H2,1H3,(H,24,27)(H,25,28)/t8-,9?,10?,15?/m1/s1. The first-order valence-corrected chi connectivity index (χ1v) is 9.48. The lowest BCUT2D eigenvalue weighted by molar-refractivity contribution is -0.193. The maximum Gasteiger partial charge on any atom is 0.345 e. The van der Waals surface area contributed by atoms with Crippen molar-refractivity contribution >= 4 is 23.5 Å². The molecule has 29 heavy (non-hydrogen) atoms. The van der Waals surface area contributed by atoms with Crippen molar-refractivity contribution in [2.75, 3.05) is 13.1 Å². The molecule has 0 spiro atoms. The van der Waals surface area contributed by atoms with Gasteiger partial charge >= 0.3 is 12.6 Å². The molecule has 160 valence electrons. The van der Waals surface area contributed by atoms with Gasteiger partial charge in [-0.05, 0) is 31.7 Å². The van der Waals surface area contributed by atoms with Crippen LogP contribution in [0.2, 0.25) is 5.02 Å². The summed E-state index contributed by atoms with van der Waals surface area (Å²) in [5, 5.41) is 4.57. The highest BCUT2D eigenvalue weighted by atomic mass is 35.5. The fourth-order valence-corrected chi connectivity index (χ4v) is 3.81. The van der Waals surface area contributed by atoms with Crippen LogP contribution in [0, 0.1) is 17.6 Å². The number of hydrogen-bond acceptors (Lipinski definition) is 3. The molecule has 2 atom stereocenters. The molecule has 2 aliphatic rings. The summed E-state index contributed by atoms with van der Waals surface area (Å²) < 4.78 is 57.4. The van der Waals surface area contributed by atoms with Gasteiger partial charge in [-0.2, -0.15) is 8.78 Å². The molecule has 1 aliphatic heterocycles. The zero-order valence-electron chi connectivity index (χ0n) is 15.4. The Balaban J connectivity index is 1.81. The van der Waals surface area contributed by atoms with Crippen LogP contribution in [0.3, 0.4) is 0 Å². The van der Waals surface area contributed by atoms with E-state index in [1.807, 2.05) is 0 Å². The summed E-state index contributed by atoms with van der Waals surface area (Å²) in [4.78, 5) is 25.9. The summed E-state index contributed by atoms with van der Waals surface area (Å²) in [6.45, 7) is -0.862. The fourth-order valence-electron chi connectivity index (χ4n) is 3.64. The molecule has 1 aromatic carbocycles. The van der Waals surface area contributed by atoms with Gasteiger partial charge in [-0.1, -0.05) is 17.7 Å². The third-order valence-electron chi connectivity index (χ3n) is 5.34. The second kappa shape index (κ2) is 8.74. The molecule has 6 nitrogen and oxygen atoms in total. The lowest BCUT2D eigenvalue weighted by Gasteiger charge is -2.42. The van der Waals surface area contributed by atoms with Gasteiger partial charge in [0.05, 0.1) is 12.1 Å². The number of hydrogen-bond donors (Lipinski definition) is 2. The van der Waals surface area contributed by atoms with Gasteiger partial charge in [0, 0.05) is 18.7 Å². The Bertz CT molecular complexity index is 792. The number of ether oxygens (including phenoxy) is 1. The van der Waals surface area contributed by atoms with Crippen LogP contribution in [0.25, 0.3) is 0 Å². The highest BCUT2D eigenvalue weighted by molar-refractivity contribution is 6.31. The SMILES string of the molecule is C[C@@H]1C(=O)NCCN1C(=O)NC(c1ccc(F)c(Cl)c1F)C1CC(OC(F)F)C1. The molecule has 0 bridgehead atoms. The number of carbonyl (C=O) groups excluding carboxylic acids is 2. The van der Waals surface area contributed by atoms with E-state index in [1.165, 1.54) is 4.90 Å². The first kappa shape index (κ1) is 21.6. The van der Waals surface area contributed by atoms with Gasteiger partial charge in [-0.3, -0.25) is 4.79 Å². The summed E-state index contributed by atoms with van der Waals surface area (Å²) in [6.07, 6.45) is -0.419. The average molecular weight is 438 g/mol. The normalized spacial score (nSPS) is 25.4. The van der Waals surface area contributed by atoms with Crippen LogP contribution < -0.4 is 10.6 Å². The van der Waals surface area contributed by atoms with Crippen molar-refractivity contribution in [3.8, 4) is 0 Å². The second-order valence-corrected chi connectivity index (χ2v) is 7.48. The smallest absolute Gasteiger partial charge is 0.345 e. The third-order valence-corrected chi connectivity index (χ3v) is 5.68. The summed E-state index contributed by atoms with van der Waals surface area (Å²) in [5.74, 6) is -2.73. The van der Waals surface area contributed by atoms with Crippen molar-refractivity contribution in [1.82, 2.24) is 15.5 Å². The molecule has 3 rings (SSSR count). The number of amides is 3. The molecule has 1 saturated carbocycles. The van der Waals surface area contributed by atoms with Gasteiger partial charge < -0.3 is 20.3 Å². The van der Waals surface area contributed by atoms with E-state index in [-0.39, 0.29) is 37.4 Å². The molecule has 1 aromatic rings. The number of halogens is 5. The van der Waals surface area contributed by atoms with Crippen molar-refractivity contribution in [3.05, 3.63) is 34.4 Å². The van der Waals surface area contributed by atoms with Gasteiger partial charge in [-0.25, -0.2) is 13.6 Å². The summed E-state index contributed by atoms with van der Waals surface area (Å²) >= 11 is 5.67. The molecular formula is C18H20ClF4N3O3. The predicted octanol–water partition coefficient (Wildman–Crippen LogP) is 3.21. The number of rotatable bonds is 5. The van der Waals surface area contributed by atoms with Gasteiger partial charge in [0.1, 0.15) is 22.7 Å². The number of nitrogens with one attached hydrogen (secondary N) is 2. The monoisotopic (exact) mass is 437 g/mol. The minimum Gasteiger partial charge on any atom is -0.353 e. The topological polar surface area (TPSA) is 70.7 Å². The van der Waals surface area contributed by atoms with E-state index in [1.54, 1.807) is 6.92 Å². The highest BCUT2D eigenvalue weighted by Crippen LogP contribution is 2.42.